The van der Waals surface area contributed by atoms with Gasteiger partial charge in [0.25, 0.3) is 0 Å². The highest BCUT2D eigenvalue weighted by molar-refractivity contribution is 6.02. The van der Waals surface area contributed by atoms with Gasteiger partial charge in [0, 0.05) is 33.2 Å². The topological polar surface area (TPSA) is 51.8 Å². The summed E-state index contributed by atoms with van der Waals surface area (Å²) >= 11 is 0. The molecule has 270 valence electrons. The van der Waals surface area contributed by atoms with Crippen molar-refractivity contribution in [2.45, 2.75) is 5.41 Å². The van der Waals surface area contributed by atoms with Crippen molar-refractivity contribution in [1.82, 2.24) is 15.0 Å². The summed E-state index contributed by atoms with van der Waals surface area (Å²) in [5.74, 6) is 2.84. The third kappa shape index (κ3) is 4.79. The first kappa shape index (κ1) is 32.5. The lowest BCUT2D eigenvalue weighted by molar-refractivity contribution is 0.628. The molecule has 0 atom stereocenters. The lowest BCUT2D eigenvalue weighted by Gasteiger charge is -2.30. The zero-order valence-corrected chi connectivity index (χ0v) is 31.3. The fourth-order valence-corrected chi connectivity index (χ4v) is 9.43. The van der Waals surface area contributed by atoms with E-state index in [1.807, 2.05) is 36.4 Å². The first-order valence-corrected chi connectivity index (χ1v) is 19.7. The molecule has 58 heavy (non-hydrogen) atoms. The summed E-state index contributed by atoms with van der Waals surface area (Å²) in [6.45, 7) is 0. The molecule has 4 heteroatoms. The lowest BCUT2D eigenvalue weighted by Crippen LogP contribution is -2.25. The van der Waals surface area contributed by atoms with Crippen molar-refractivity contribution >= 4 is 11.0 Å². The maximum absolute atomic E-state index is 6.78. The summed E-state index contributed by atoms with van der Waals surface area (Å²) in [6.07, 6.45) is 0. The van der Waals surface area contributed by atoms with Crippen molar-refractivity contribution in [3.63, 3.8) is 0 Å². The molecule has 4 nitrogen and oxygen atoms in total. The zero-order valence-electron chi connectivity index (χ0n) is 31.3. The SMILES string of the molecule is c1ccc(-c2cccc(-c3nc(-c4ccccc4)nc(-c4cccc(-c5ccc6c(c5)C5(c7ccccc7-c7ccccc75)c5c-6oc6ccccc56)c4)n3)c2)cc1. The molecule has 0 unspecified atom stereocenters. The lowest BCUT2D eigenvalue weighted by atomic mass is 9.70. The van der Waals surface area contributed by atoms with Crippen LogP contribution in [0.25, 0.3) is 89.8 Å². The third-order valence-corrected chi connectivity index (χ3v) is 11.9. The molecule has 0 fully saturated rings. The maximum atomic E-state index is 6.78. The van der Waals surface area contributed by atoms with E-state index in [0.717, 1.165) is 61.2 Å². The monoisotopic (exact) mass is 739 g/mol. The van der Waals surface area contributed by atoms with Crippen molar-refractivity contribution in [2.24, 2.45) is 0 Å². The third-order valence-electron chi connectivity index (χ3n) is 11.9. The Morgan fingerprint density at radius 1 is 0.328 bits per heavy atom. The van der Waals surface area contributed by atoms with Gasteiger partial charge in [-0.2, -0.15) is 0 Å². The van der Waals surface area contributed by atoms with Gasteiger partial charge < -0.3 is 4.42 Å². The molecule has 0 saturated heterocycles. The largest absolute Gasteiger partial charge is 0.456 e. The Morgan fingerprint density at radius 3 is 1.47 bits per heavy atom. The predicted octanol–water partition coefficient (Wildman–Crippen LogP) is 13.3. The molecule has 8 aromatic carbocycles. The molecule has 2 heterocycles. The van der Waals surface area contributed by atoms with Gasteiger partial charge in [-0.3, -0.25) is 0 Å². The van der Waals surface area contributed by atoms with Crippen LogP contribution in [0, 0.1) is 0 Å². The number of benzene rings is 8. The average molecular weight is 740 g/mol. The smallest absolute Gasteiger partial charge is 0.164 e. The van der Waals surface area contributed by atoms with Gasteiger partial charge in [0.05, 0.1) is 5.41 Å². The van der Waals surface area contributed by atoms with Crippen LogP contribution in [0.1, 0.15) is 22.3 Å². The van der Waals surface area contributed by atoms with Gasteiger partial charge in [-0.05, 0) is 74.3 Å². The Hall–Kier alpha value is -7.69. The normalized spacial score (nSPS) is 13.0. The van der Waals surface area contributed by atoms with E-state index in [9.17, 15) is 0 Å². The molecule has 2 aromatic heterocycles. The molecule has 0 radical (unpaired) electrons. The van der Waals surface area contributed by atoms with Gasteiger partial charge in [0.15, 0.2) is 17.5 Å². The minimum atomic E-state index is -0.528. The Bertz CT molecular complexity index is 3190. The molecule has 2 aliphatic carbocycles. The van der Waals surface area contributed by atoms with E-state index in [1.54, 1.807) is 0 Å². The molecule has 2 aliphatic rings. The fourth-order valence-electron chi connectivity index (χ4n) is 9.43. The summed E-state index contributed by atoms with van der Waals surface area (Å²) in [4.78, 5) is 15.3. The van der Waals surface area contributed by atoms with Crippen LogP contribution in [-0.4, -0.2) is 15.0 Å². The van der Waals surface area contributed by atoms with Crippen LogP contribution in [0.15, 0.2) is 205 Å². The van der Waals surface area contributed by atoms with Crippen molar-refractivity contribution in [2.75, 3.05) is 0 Å². The van der Waals surface area contributed by atoms with E-state index in [2.05, 4.69) is 164 Å². The van der Waals surface area contributed by atoms with Crippen molar-refractivity contribution < 1.29 is 4.42 Å². The number of rotatable bonds is 5. The van der Waals surface area contributed by atoms with Crippen LogP contribution >= 0.6 is 0 Å². The van der Waals surface area contributed by atoms with E-state index in [4.69, 9.17) is 19.4 Å². The molecular formula is C54H33N3O. The molecule has 0 aliphatic heterocycles. The van der Waals surface area contributed by atoms with Crippen LogP contribution in [0.3, 0.4) is 0 Å². The molecule has 0 bridgehead atoms. The summed E-state index contributed by atoms with van der Waals surface area (Å²) in [7, 11) is 0. The first-order chi connectivity index (χ1) is 28.7. The van der Waals surface area contributed by atoms with Gasteiger partial charge in [0.2, 0.25) is 0 Å². The van der Waals surface area contributed by atoms with E-state index in [1.165, 1.54) is 33.4 Å². The van der Waals surface area contributed by atoms with E-state index in [0.29, 0.717) is 17.5 Å². The first-order valence-electron chi connectivity index (χ1n) is 19.7. The average Bonchev–Trinajstić information content (AvgIpc) is 3.93. The van der Waals surface area contributed by atoms with Crippen LogP contribution in [-0.2, 0) is 5.41 Å². The van der Waals surface area contributed by atoms with Crippen molar-refractivity contribution in [3.05, 3.63) is 222 Å². The summed E-state index contributed by atoms with van der Waals surface area (Å²) in [5.41, 5.74) is 16.3. The Kier molecular flexibility index (Phi) is 7.11. The second-order valence-corrected chi connectivity index (χ2v) is 15.1. The second-order valence-electron chi connectivity index (χ2n) is 15.1. The molecule has 0 saturated carbocycles. The summed E-state index contributed by atoms with van der Waals surface area (Å²) in [5, 5.41) is 1.15. The number of hydrogen-bond acceptors (Lipinski definition) is 4. The van der Waals surface area contributed by atoms with Crippen molar-refractivity contribution in [3.8, 4) is 78.9 Å². The van der Waals surface area contributed by atoms with Gasteiger partial charge in [-0.15, -0.1) is 0 Å². The number of furan rings is 1. The number of para-hydroxylation sites is 1. The van der Waals surface area contributed by atoms with E-state index < -0.39 is 5.41 Å². The highest BCUT2D eigenvalue weighted by atomic mass is 16.3. The Morgan fingerprint density at radius 2 is 0.810 bits per heavy atom. The van der Waals surface area contributed by atoms with Crippen LogP contribution in [0.5, 0.6) is 0 Å². The zero-order chi connectivity index (χ0) is 38.2. The maximum Gasteiger partial charge on any atom is 0.164 e. The van der Waals surface area contributed by atoms with Crippen LogP contribution < -0.4 is 0 Å². The molecule has 0 N–H and O–H groups in total. The molecule has 12 rings (SSSR count). The minimum absolute atomic E-state index is 0.528. The molecule has 1 spiro atoms. The number of fused-ring (bicyclic) bond motifs is 12. The standard InChI is InChI=1S/C54H33N3O/c1-3-15-34(16-4-1)36-19-13-21-39(31-36)52-55-51(35-17-5-2-6-18-35)56-53(57-52)40-22-14-20-37(32-40)38-29-30-43-47(33-38)54(49-44-25-9-12-28-48(44)58-50(43)49)45-26-10-7-23-41(45)42-24-8-11-27-46(42)54/h1-33H. The van der Waals surface area contributed by atoms with Gasteiger partial charge >= 0.3 is 0 Å². The quantitative estimate of drug-likeness (QED) is 0.176. The summed E-state index contributed by atoms with van der Waals surface area (Å²) < 4.78 is 6.78. The van der Waals surface area contributed by atoms with E-state index in [-0.39, 0.29) is 0 Å². The highest BCUT2D eigenvalue weighted by Crippen LogP contribution is 2.65. The molecule has 0 amide bonds. The Balaban J connectivity index is 1.03. The van der Waals surface area contributed by atoms with Gasteiger partial charge in [-0.25, -0.2) is 15.0 Å². The van der Waals surface area contributed by atoms with Gasteiger partial charge in [0.1, 0.15) is 11.3 Å². The predicted molar refractivity (Wildman–Crippen MR) is 233 cm³/mol. The van der Waals surface area contributed by atoms with E-state index >= 15 is 0 Å². The minimum Gasteiger partial charge on any atom is -0.456 e. The number of hydrogen-bond donors (Lipinski definition) is 0. The molecule has 10 aromatic rings. The number of aromatic nitrogens is 3. The van der Waals surface area contributed by atoms with Crippen LogP contribution in [0.4, 0.5) is 0 Å². The number of nitrogens with zero attached hydrogens (tertiary/aromatic N) is 3. The molecular weight excluding hydrogens is 707 g/mol. The summed E-state index contributed by atoms with van der Waals surface area (Å²) in [6, 6.07) is 70.7. The van der Waals surface area contributed by atoms with Crippen molar-refractivity contribution in [1.29, 1.82) is 0 Å². The van der Waals surface area contributed by atoms with Crippen LogP contribution in [0.2, 0.25) is 0 Å². The Labute approximate surface area is 335 Å². The second kappa shape index (κ2) is 12.7. The highest BCUT2D eigenvalue weighted by Gasteiger charge is 2.54. The fraction of sp³-hybridized carbons (Fsp3) is 0.0185. The van der Waals surface area contributed by atoms with Gasteiger partial charge in [-0.1, -0.05) is 176 Å².